The first-order valence-electron chi connectivity index (χ1n) is 13.3. The predicted octanol–water partition coefficient (Wildman–Crippen LogP) is 5.41. The third-order valence-corrected chi connectivity index (χ3v) is 10.4. The Morgan fingerprint density at radius 2 is 1.97 bits per heavy atom. The molecule has 0 aromatic carbocycles. The van der Waals surface area contributed by atoms with Crippen LogP contribution in [0.5, 0.6) is 0 Å². The topological polar surface area (TPSA) is 79.8 Å². The maximum atomic E-state index is 12.2. The Labute approximate surface area is 210 Å². The molecule has 0 aromatic rings. The fourth-order valence-corrected chi connectivity index (χ4v) is 8.59. The highest BCUT2D eigenvalue weighted by atomic mass is 35.5. The van der Waals surface area contributed by atoms with Gasteiger partial charge in [0.05, 0.1) is 5.71 Å². The summed E-state index contributed by atoms with van der Waals surface area (Å²) in [4.78, 5) is 29.5. The van der Waals surface area contributed by atoms with Crippen LogP contribution in [0.15, 0.2) is 16.8 Å². The molecule has 2 N–H and O–H groups in total. The number of ketones is 1. The number of nitrogens with zero attached hydrogens (tertiary/aromatic N) is 1. The molecule has 190 valence electrons. The number of oxime groups is 1. The third kappa shape index (κ3) is 4.45. The number of allylic oxidation sites excluding steroid dienone is 1. The van der Waals surface area contributed by atoms with Crippen molar-refractivity contribution in [2.45, 2.75) is 91.0 Å². The van der Waals surface area contributed by atoms with Crippen LogP contribution in [0.2, 0.25) is 0 Å². The van der Waals surface area contributed by atoms with Gasteiger partial charge in [-0.1, -0.05) is 24.6 Å². The molecule has 1 saturated heterocycles. The lowest BCUT2D eigenvalue weighted by molar-refractivity contribution is -0.117. The molecule has 4 aliphatic carbocycles. The summed E-state index contributed by atoms with van der Waals surface area (Å²) in [6.45, 7) is 8.58. The lowest BCUT2D eigenvalue weighted by atomic mass is 9.46. The van der Waals surface area contributed by atoms with E-state index in [-0.39, 0.29) is 23.2 Å². The van der Waals surface area contributed by atoms with Gasteiger partial charge in [-0.2, -0.15) is 0 Å². The summed E-state index contributed by atoms with van der Waals surface area (Å²) in [6.07, 6.45) is 12.7. The molecule has 0 aromatic heterocycles. The molecule has 1 unspecified atom stereocenters. The van der Waals surface area contributed by atoms with Gasteiger partial charge in [-0.3, -0.25) is 9.63 Å². The molecule has 1 amide bonds. The Kier molecular flexibility index (Phi) is 7.50. The van der Waals surface area contributed by atoms with Crippen molar-refractivity contribution in [2.75, 3.05) is 13.1 Å². The average molecular weight is 492 g/mol. The van der Waals surface area contributed by atoms with Gasteiger partial charge < -0.3 is 10.6 Å². The number of halogens is 1. The van der Waals surface area contributed by atoms with Crippen LogP contribution in [0.25, 0.3) is 0 Å². The monoisotopic (exact) mass is 491 g/mol. The van der Waals surface area contributed by atoms with Crippen molar-refractivity contribution in [1.82, 2.24) is 10.6 Å². The molecule has 7 heteroatoms. The zero-order valence-electron chi connectivity index (χ0n) is 21.0. The van der Waals surface area contributed by atoms with Gasteiger partial charge in [0.15, 0.2) is 5.78 Å². The van der Waals surface area contributed by atoms with E-state index in [1.807, 2.05) is 13.0 Å². The number of fused-ring (bicyclic) bond motifs is 5. The summed E-state index contributed by atoms with van der Waals surface area (Å²) >= 11 is 0. The zero-order valence-corrected chi connectivity index (χ0v) is 21.8. The number of carbonyl (C=O) groups excluding carboxylic acids is 2. The van der Waals surface area contributed by atoms with Crippen molar-refractivity contribution in [3.63, 3.8) is 0 Å². The van der Waals surface area contributed by atoms with Gasteiger partial charge >= 0.3 is 6.09 Å². The number of amides is 1. The molecule has 0 spiro atoms. The number of rotatable bonds is 4. The minimum Gasteiger partial charge on any atom is -0.318 e. The van der Waals surface area contributed by atoms with Crippen LogP contribution in [0.3, 0.4) is 0 Å². The van der Waals surface area contributed by atoms with Gasteiger partial charge in [-0.05, 0) is 106 Å². The fourth-order valence-electron chi connectivity index (χ4n) is 8.59. The fraction of sp³-hybridized carbons (Fsp3) is 0.815. The van der Waals surface area contributed by atoms with E-state index in [2.05, 4.69) is 29.6 Å². The lowest BCUT2D eigenvalue weighted by Gasteiger charge is -2.58. The number of hydrogen-bond donors (Lipinski definition) is 2. The second-order valence-electron chi connectivity index (χ2n) is 11.9. The van der Waals surface area contributed by atoms with Crippen molar-refractivity contribution in [3.8, 4) is 0 Å². The first-order chi connectivity index (χ1) is 15.8. The minimum atomic E-state index is -0.446. The van der Waals surface area contributed by atoms with E-state index in [1.165, 1.54) is 31.3 Å². The normalized spacial score (nSPS) is 41.5. The molecule has 34 heavy (non-hydrogen) atoms. The second-order valence-corrected chi connectivity index (χ2v) is 11.9. The largest absolute Gasteiger partial charge is 0.433 e. The molecule has 1 heterocycles. The smallest absolute Gasteiger partial charge is 0.318 e. The molecule has 1 aliphatic heterocycles. The molecular weight excluding hydrogens is 450 g/mol. The molecule has 0 bridgehead atoms. The van der Waals surface area contributed by atoms with Gasteiger partial charge in [0.2, 0.25) is 0 Å². The second kappa shape index (κ2) is 9.93. The third-order valence-electron chi connectivity index (χ3n) is 10.4. The molecule has 5 rings (SSSR count). The minimum absolute atomic E-state index is 0. The van der Waals surface area contributed by atoms with Crippen molar-refractivity contribution in [3.05, 3.63) is 11.6 Å². The molecule has 5 aliphatic rings. The Morgan fingerprint density at radius 3 is 2.74 bits per heavy atom. The van der Waals surface area contributed by atoms with E-state index in [0.29, 0.717) is 36.1 Å². The van der Waals surface area contributed by atoms with Crippen LogP contribution >= 0.6 is 12.4 Å². The van der Waals surface area contributed by atoms with Crippen molar-refractivity contribution in [1.29, 1.82) is 0 Å². The van der Waals surface area contributed by atoms with E-state index < -0.39 is 6.09 Å². The van der Waals surface area contributed by atoms with Gasteiger partial charge in [0.25, 0.3) is 0 Å². The first kappa shape index (κ1) is 25.7. The summed E-state index contributed by atoms with van der Waals surface area (Å²) in [6, 6.07) is 0.349. The van der Waals surface area contributed by atoms with Crippen LogP contribution in [0, 0.1) is 34.5 Å². The van der Waals surface area contributed by atoms with E-state index in [1.54, 1.807) is 0 Å². The molecular formula is C27H42ClN3O3. The highest BCUT2D eigenvalue weighted by molar-refractivity contribution is 5.91. The Morgan fingerprint density at radius 1 is 1.15 bits per heavy atom. The van der Waals surface area contributed by atoms with Crippen LogP contribution < -0.4 is 10.6 Å². The molecule has 6 nitrogen and oxygen atoms in total. The van der Waals surface area contributed by atoms with E-state index in [9.17, 15) is 9.59 Å². The summed E-state index contributed by atoms with van der Waals surface area (Å²) < 4.78 is 0. The Balaban J connectivity index is 0.00000274. The molecule has 0 radical (unpaired) electrons. The SMILES string of the molecule is C/C(=N\OC(=O)NC[C@@H]1CCCN1)[C@H]1CCC2[C@@H]3CCC4=CC(=O)CC[C@]4(C)[C@H]3CC[C@@]21C.Cl. The van der Waals surface area contributed by atoms with E-state index >= 15 is 0 Å². The average Bonchev–Trinajstić information content (AvgIpc) is 3.44. The van der Waals surface area contributed by atoms with Crippen LogP contribution in [0.4, 0.5) is 4.79 Å². The van der Waals surface area contributed by atoms with Gasteiger partial charge in [-0.25, -0.2) is 4.79 Å². The van der Waals surface area contributed by atoms with Crippen LogP contribution in [0.1, 0.15) is 85.0 Å². The zero-order chi connectivity index (χ0) is 23.2. The Hall–Kier alpha value is -1.40. The standard InChI is InChI=1S/C27H41N3O3.ClH/c1-17(30-33-25(32)29-16-19-5-4-14-28-19)22-8-9-23-21-7-6-18-15-20(31)10-12-26(18,2)24(21)11-13-27(22,23)3;/h15,19,21-24,28H,4-14,16H2,1-3H3,(H,29,32);1H/b30-17+;/t19-,21-,22+,23?,24-,26-,27+;/m0./s1. The summed E-state index contributed by atoms with van der Waals surface area (Å²) in [5.74, 6) is 2.85. The highest BCUT2D eigenvalue weighted by Crippen LogP contribution is 2.66. The maximum absolute atomic E-state index is 12.2. The maximum Gasteiger partial charge on any atom is 0.433 e. The van der Waals surface area contributed by atoms with Gasteiger partial charge in [-0.15, -0.1) is 12.4 Å². The molecule has 4 fully saturated rings. The molecule has 3 saturated carbocycles. The quantitative estimate of drug-likeness (QED) is 0.313. The van der Waals surface area contributed by atoms with Crippen LogP contribution in [-0.4, -0.2) is 36.7 Å². The number of carbonyl (C=O) groups is 2. The summed E-state index contributed by atoms with van der Waals surface area (Å²) in [7, 11) is 0. The van der Waals surface area contributed by atoms with E-state index in [4.69, 9.17) is 4.84 Å². The highest BCUT2D eigenvalue weighted by Gasteiger charge is 2.59. The summed E-state index contributed by atoms with van der Waals surface area (Å²) in [5.41, 5.74) is 2.85. The van der Waals surface area contributed by atoms with Crippen molar-refractivity contribution in [2.24, 2.45) is 39.7 Å². The van der Waals surface area contributed by atoms with Gasteiger partial charge in [0, 0.05) is 24.9 Å². The van der Waals surface area contributed by atoms with Gasteiger partial charge in [0.1, 0.15) is 0 Å². The first-order valence-corrected chi connectivity index (χ1v) is 13.3. The predicted molar refractivity (Wildman–Crippen MR) is 136 cm³/mol. The van der Waals surface area contributed by atoms with Crippen molar-refractivity contribution >= 4 is 30.0 Å². The van der Waals surface area contributed by atoms with Crippen molar-refractivity contribution < 1.29 is 14.4 Å². The Bertz CT molecular complexity index is 867. The van der Waals surface area contributed by atoms with Crippen LogP contribution in [-0.2, 0) is 9.63 Å². The number of hydrogen-bond acceptors (Lipinski definition) is 5. The van der Waals surface area contributed by atoms with E-state index in [0.717, 1.165) is 56.7 Å². The number of nitrogens with one attached hydrogen (secondary N) is 2. The summed E-state index contributed by atoms with van der Waals surface area (Å²) in [5, 5.41) is 10.5. The molecule has 7 atom stereocenters. The lowest BCUT2D eigenvalue weighted by Crippen LogP contribution is -2.51.